The largest absolute Gasteiger partial charge is 0.382 e. The van der Waals surface area contributed by atoms with Gasteiger partial charge in [-0.05, 0) is 0 Å². The number of anilines is 1. The third kappa shape index (κ3) is 1.24. The molecule has 0 aliphatic carbocycles. The summed E-state index contributed by atoms with van der Waals surface area (Å²) in [5.41, 5.74) is 6.78. The summed E-state index contributed by atoms with van der Waals surface area (Å²) in [6, 6.07) is 0. The number of hydrogen-bond donors (Lipinski definition) is 2. The van der Waals surface area contributed by atoms with Crippen LogP contribution in [-0.4, -0.2) is 19.9 Å². The molecule has 2 aromatic rings. The van der Waals surface area contributed by atoms with E-state index in [4.69, 9.17) is 5.73 Å². The maximum absolute atomic E-state index is 5.48. The molecule has 0 fully saturated rings. The zero-order valence-corrected chi connectivity index (χ0v) is 7.66. The molecule has 0 unspecified atom stereocenters. The van der Waals surface area contributed by atoms with Gasteiger partial charge in [-0.3, -0.25) is 0 Å². The molecule has 0 aromatic carbocycles. The number of rotatable bonds is 0. The quantitative estimate of drug-likeness (QED) is 0.709. The topological polar surface area (TPSA) is 80.5 Å². The third-order valence-electron chi connectivity index (χ3n) is 1.25. The molecule has 0 radical (unpaired) electrons. The van der Waals surface area contributed by atoms with Crippen LogP contribution in [-0.2, 0) is 21.1 Å². The first-order chi connectivity index (χ1) is 4.88. The summed E-state index contributed by atoms with van der Waals surface area (Å²) in [5.74, 6) is 0.433. The molecule has 0 atom stereocenters. The third-order valence-corrected chi connectivity index (χ3v) is 1.25. The molecular formula is C5H5N5Pt. The first-order valence-corrected chi connectivity index (χ1v) is 2.77. The molecule has 6 heteroatoms. The van der Waals surface area contributed by atoms with Crippen molar-refractivity contribution in [2.45, 2.75) is 0 Å². The van der Waals surface area contributed by atoms with Gasteiger partial charge in [-0.15, -0.1) is 0 Å². The van der Waals surface area contributed by atoms with Crippen molar-refractivity contribution in [3.8, 4) is 0 Å². The molecule has 2 heterocycles. The van der Waals surface area contributed by atoms with Crippen LogP contribution in [0.1, 0.15) is 0 Å². The average Bonchev–Trinajstić information content (AvgIpc) is 2.36. The SMILES string of the molecule is Nc1ncnc2nc[nH]c12.[Pt]. The van der Waals surface area contributed by atoms with E-state index in [-0.39, 0.29) is 21.1 Å². The van der Waals surface area contributed by atoms with Gasteiger partial charge in [-0.1, -0.05) is 0 Å². The second-order valence-electron chi connectivity index (χ2n) is 1.86. The van der Waals surface area contributed by atoms with E-state index in [1.807, 2.05) is 0 Å². The van der Waals surface area contributed by atoms with Crippen molar-refractivity contribution < 1.29 is 21.1 Å². The van der Waals surface area contributed by atoms with Crippen LogP contribution in [0.4, 0.5) is 5.82 Å². The van der Waals surface area contributed by atoms with Gasteiger partial charge in [0, 0.05) is 21.1 Å². The minimum atomic E-state index is 0. The Morgan fingerprint density at radius 1 is 1.27 bits per heavy atom. The van der Waals surface area contributed by atoms with Crippen molar-refractivity contribution in [3.63, 3.8) is 0 Å². The van der Waals surface area contributed by atoms with Gasteiger partial charge in [0.1, 0.15) is 11.8 Å². The molecule has 0 spiro atoms. The van der Waals surface area contributed by atoms with Crippen molar-refractivity contribution in [1.82, 2.24) is 19.9 Å². The predicted octanol–water partition coefficient (Wildman–Crippen LogP) is -0.0674. The van der Waals surface area contributed by atoms with Crippen LogP contribution in [0.5, 0.6) is 0 Å². The minimum Gasteiger partial charge on any atom is -0.382 e. The van der Waals surface area contributed by atoms with Crippen LogP contribution in [0.3, 0.4) is 0 Å². The average molecular weight is 330 g/mol. The Labute approximate surface area is 76.7 Å². The molecule has 2 rings (SSSR count). The van der Waals surface area contributed by atoms with Crippen molar-refractivity contribution in [3.05, 3.63) is 12.7 Å². The fraction of sp³-hybridized carbons (Fsp3) is 0. The van der Waals surface area contributed by atoms with Crippen molar-refractivity contribution in [1.29, 1.82) is 0 Å². The van der Waals surface area contributed by atoms with Gasteiger partial charge < -0.3 is 10.7 Å². The number of nitrogens with zero attached hydrogens (tertiary/aromatic N) is 3. The molecule has 3 N–H and O–H groups in total. The van der Waals surface area contributed by atoms with E-state index in [0.717, 1.165) is 0 Å². The molecule has 0 bridgehead atoms. The number of aromatic amines is 1. The molecule has 0 aliphatic rings. The molecule has 2 aromatic heterocycles. The number of nitrogens with one attached hydrogen (secondary N) is 1. The number of imidazole rings is 1. The Bertz CT molecular complexity index is 356. The molecule has 11 heavy (non-hydrogen) atoms. The second kappa shape index (κ2) is 2.96. The minimum absolute atomic E-state index is 0. The van der Waals surface area contributed by atoms with E-state index in [0.29, 0.717) is 17.0 Å². The summed E-state index contributed by atoms with van der Waals surface area (Å²) in [6.45, 7) is 0. The molecule has 0 saturated heterocycles. The van der Waals surface area contributed by atoms with Gasteiger partial charge in [0.05, 0.1) is 6.33 Å². The summed E-state index contributed by atoms with van der Waals surface area (Å²) >= 11 is 0. The first-order valence-electron chi connectivity index (χ1n) is 2.77. The smallest absolute Gasteiger partial charge is 0.182 e. The van der Waals surface area contributed by atoms with E-state index in [1.165, 1.54) is 12.7 Å². The fourth-order valence-corrected chi connectivity index (χ4v) is 0.784. The normalized spacial score (nSPS) is 9.45. The van der Waals surface area contributed by atoms with Crippen LogP contribution in [0.2, 0.25) is 0 Å². The van der Waals surface area contributed by atoms with Gasteiger partial charge >= 0.3 is 0 Å². The molecular weight excluding hydrogens is 325 g/mol. The van der Waals surface area contributed by atoms with Gasteiger partial charge in [0.25, 0.3) is 0 Å². The van der Waals surface area contributed by atoms with Crippen molar-refractivity contribution in [2.75, 3.05) is 5.73 Å². The first kappa shape index (κ1) is 8.14. The molecule has 0 amide bonds. The Balaban J connectivity index is 0.000000605. The Morgan fingerprint density at radius 2 is 2.09 bits per heavy atom. The van der Waals surface area contributed by atoms with Crippen LogP contribution >= 0.6 is 0 Å². The summed E-state index contributed by atoms with van der Waals surface area (Å²) in [7, 11) is 0. The van der Waals surface area contributed by atoms with Crippen LogP contribution in [0.25, 0.3) is 11.2 Å². The van der Waals surface area contributed by atoms with Gasteiger partial charge in [0.15, 0.2) is 11.5 Å². The zero-order chi connectivity index (χ0) is 6.97. The zero-order valence-electron chi connectivity index (χ0n) is 5.39. The maximum Gasteiger partial charge on any atom is 0.182 e. The Morgan fingerprint density at radius 3 is 2.82 bits per heavy atom. The van der Waals surface area contributed by atoms with Crippen molar-refractivity contribution in [2.24, 2.45) is 0 Å². The summed E-state index contributed by atoms with van der Waals surface area (Å²) in [5, 5.41) is 0. The van der Waals surface area contributed by atoms with Gasteiger partial charge in [-0.2, -0.15) is 0 Å². The van der Waals surface area contributed by atoms with Crippen LogP contribution < -0.4 is 5.73 Å². The molecule has 0 saturated carbocycles. The van der Waals surface area contributed by atoms with E-state index < -0.39 is 0 Å². The Hall–Kier alpha value is -0.962. The number of nitrogens with two attached hydrogens (primary N) is 1. The van der Waals surface area contributed by atoms with E-state index in [2.05, 4.69) is 19.9 Å². The Kier molecular flexibility index (Phi) is 2.19. The summed E-state index contributed by atoms with van der Waals surface area (Å²) in [4.78, 5) is 14.4. The summed E-state index contributed by atoms with van der Waals surface area (Å²) in [6.07, 6.45) is 2.92. The van der Waals surface area contributed by atoms with E-state index in [1.54, 1.807) is 0 Å². The van der Waals surface area contributed by atoms with Crippen molar-refractivity contribution >= 4 is 17.0 Å². The summed E-state index contributed by atoms with van der Waals surface area (Å²) < 4.78 is 0. The van der Waals surface area contributed by atoms with E-state index >= 15 is 0 Å². The fourth-order valence-electron chi connectivity index (χ4n) is 0.784. The van der Waals surface area contributed by atoms with Gasteiger partial charge in [0.2, 0.25) is 0 Å². The van der Waals surface area contributed by atoms with Gasteiger partial charge in [-0.25, -0.2) is 15.0 Å². The van der Waals surface area contributed by atoms with Crippen LogP contribution in [0, 0.1) is 0 Å². The monoisotopic (exact) mass is 330 g/mol. The number of H-pyrrole nitrogens is 1. The van der Waals surface area contributed by atoms with E-state index in [9.17, 15) is 0 Å². The maximum atomic E-state index is 5.48. The number of fused-ring (bicyclic) bond motifs is 1. The number of hydrogen-bond acceptors (Lipinski definition) is 4. The second-order valence-corrected chi connectivity index (χ2v) is 1.86. The molecule has 0 aliphatic heterocycles. The molecule has 60 valence electrons. The van der Waals surface area contributed by atoms with Crippen LogP contribution in [0.15, 0.2) is 12.7 Å². The number of nitrogen functional groups attached to an aromatic ring is 1. The number of aromatic nitrogens is 4. The predicted molar refractivity (Wildman–Crippen MR) is 36.1 cm³/mol. The molecule has 5 nitrogen and oxygen atoms in total. The standard InChI is InChI=1S/C5H5N5.Pt/c6-4-3-5(9-1-7-3)10-2-8-4;/h1-2H,(H3,6,7,8,9,10);.